The van der Waals surface area contributed by atoms with E-state index in [1.165, 1.54) is 4.31 Å². The average molecular weight is 468 g/mol. The smallest absolute Gasteiger partial charge is 0.254 e. The molecule has 0 N–H and O–H groups in total. The lowest BCUT2D eigenvalue weighted by Gasteiger charge is -2.40. The van der Waals surface area contributed by atoms with Gasteiger partial charge in [-0.3, -0.25) is 9.59 Å². The number of likely N-dealkylation sites (tertiary alicyclic amines) is 1. The Kier molecular flexibility index (Phi) is 6.07. The van der Waals surface area contributed by atoms with Crippen LogP contribution >= 0.6 is 0 Å². The molecule has 2 amide bonds. The number of hydrogen-bond donors (Lipinski definition) is 0. The van der Waals surface area contributed by atoms with E-state index in [1.54, 1.807) is 30.3 Å². The molecular weight excluding hydrogens is 438 g/mol. The van der Waals surface area contributed by atoms with Crippen LogP contribution in [0.3, 0.4) is 0 Å². The topological polar surface area (TPSA) is 84.0 Å². The molecule has 0 saturated carbocycles. The number of sulfonamides is 1. The standard InChI is InChI=1S/C25H29N3O4S/c29-24(20-8-6-14-27(17-20)33(31,32)22-9-2-1-3-10-22)26-15-12-21(13-16-26)28-18-19-7-4-5-11-23(19)25(28)30/h1-5,7,9-11,20-21H,6,8,12-18H2. The number of hydrogen-bond acceptors (Lipinski definition) is 4. The normalized spacial score (nSPS) is 23.9. The lowest BCUT2D eigenvalue weighted by molar-refractivity contribution is -0.138. The monoisotopic (exact) mass is 467 g/mol. The summed E-state index contributed by atoms with van der Waals surface area (Å²) in [5.41, 5.74) is 1.86. The predicted molar refractivity (Wildman–Crippen MR) is 124 cm³/mol. The first-order chi connectivity index (χ1) is 15.9. The number of fused-ring (bicyclic) bond motifs is 1. The minimum absolute atomic E-state index is 0.0393. The molecule has 0 aliphatic carbocycles. The largest absolute Gasteiger partial charge is 0.593 e. The maximum absolute atomic E-state index is 13.3. The first-order valence-corrected chi connectivity index (χ1v) is 13.1. The van der Waals surface area contributed by atoms with Gasteiger partial charge in [-0.1, -0.05) is 40.6 Å². The van der Waals surface area contributed by atoms with Crippen LogP contribution < -0.4 is 0 Å². The number of carbonyl (C=O) groups is 2. The van der Waals surface area contributed by atoms with Gasteiger partial charge in [-0.25, -0.2) is 0 Å². The summed E-state index contributed by atoms with van der Waals surface area (Å²) in [6, 6.07) is 16.3. The summed E-state index contributed by atoms with van der Waals surface area (Å²) >= 11 is 0. The molecule has 33 heavy (non-hydrogen) atoms. The van der Waals surface area contributed by atoms with E-state index >= 15 is 0 Å². The van der Waals surface area contributed by atoms with E-state index in [2.05, 4.69) is 0 Å². The van der Waals surface area contributed by atoms with Crippen molar-refractivity contribution >= 4 is 22.2 Å². The van der Waals surface area contributed by atoms with Crippen molar-refractivity contribution < 1.29 is 18.4 Å². The Morgan fingerprint density at radius 1 is 0.939 bits per heavy atom. The molecule has 2 atom stereocenters. The van der Waals surface area contributed by atoms with E-state index in [0.29, 0.717) is 39.0 Å². The minimum atomic E-state index is -3.59. The van der Waals surface area contributed by atoms with Gasteiger partial charge >= 0.3 is 0 Å². The van der Waals surface area contributed by atoms with E-state index in [1.807, 2.05) is 34.1 Å². The van der Waals surface area contributed by atoms with E-state index in [9.17, 15) is 18.4 Å². The zero-order valence-electron chi connectivity index (χ0n) is 18.6. The molecule has 0 radical (unpaired) electrons. The Labute approximate surface area is 195 Å². The molecule has 0 bridgehead atoms. The van der Waals surface area contributed by atoms with Gasteiger partial charge in [0.15, 0.2) is 15.3 Å². The molecule has 3 aliphatic rings. The fraction of sp³-hybridized carbons (Fsp3) is 0.440. The van der Waals surface area contributed by atoms with Crippen molar-refractivity contribution in [1.29, 1.82) is 0 Å². The van der Waals surface area contributed by atoms with Crippen molar-refractivity contribution in [3.05, 3.63) is 65.7 Å². The molecule has 0 aromatic heterocycles. The Morgan fingerprint density at radius 2 is 1.64 bits per heavy atom. The van der Waals surface area contributed by atoms with Crippen LogP contribution in [0.1, 0.15) is 41.6 Å². The lowest BCUT2D eigenvalue weighted by Crippen LogP contribution is -2.52. The fourth-order valence-corrected chi connectivity index (χ4v) is 6.88. The molecule has 7 nitrogen and oxygen atoms in total. The zero-order valence-corrected chi connectivity index (χ0v) is 19.4. The Bertz CT molecular complexity index is 1080. The van der Waals surface area contributed by atoms with E-state index < -0.39 is 10.4 Å². The quantitative estimate of drug-likeness (QED) is 0.647. The SMILES string of the molecule is O=C(C1CCCN([S+](=O)([O-])c2ccccc2)C1)N1CCC(N2Cc3ccccc3C2=O)CC1. The number of nitrogens with zero attached hydrogens (tertiary/aromatic N) is 3. The summed E-state index contributed by atoms with van der Waals surface area (Å²) in [4.78, 5) is 30.1. The van der Waals surface area contributed by atoms with Crippen molar-refractivity contribution in [3.8, 4) is 0 Å². The molecule has 174 valence electrons. The lowest BCUT2D eigenvalue weighted by atomic mass is 9.95. The summed E-state index contributed by atoms with van der Waals surface area (Å²) in [6.07, 6.45) is 2.90. The minimum Gasteiger partial charge on any atom is -0.593 e. The van der Waals surface area contributed by atoms with Crippen LogP contribution in [0.2, 0.25) is 0 Å². The highest BCUT2D eigenvalue weighted by atomic mass is 32.3. The summed E-state index contributed by atoms with van der Waals surface area (Å²) < 4.78 is 27.5. The van der Waals surface area contributed by atoms with Crippen molar-refractivity contribution in [1.82, 2.24) is 14.1 Å². The molecular formula is C25H29N3O4S. The maximum Gasteiger partial charge on any atom is 0.254 e. The van der Waals surface area contributed by atoms with E-state index in [0.717, 1.165) is 24.0 Å². The number of benzene rings is 2. The number of piperidine rings is 2. The summed E-state index contributed by atoms with van der Waals surface area (Å²) in [5, 5.41) is 0. The Balaban J connectivity index is 1.19. The second kappa shape index (κ2) is 9.00. The highest BCUT2D eigenvalue weighted by molar-refractivity contribution is 7.95. The molecule has 0 spiro atoms. The molecule has 2 aromatic rings. The van der Waals surface area contributed by atoms with Gasteiger partial charge in [-0.15, -0.1) is 4.31 Å². The first kappa shape index (κ1) is 22.3. The molecule has 2 unspecified atom stereocenters. The fourth-order valence-electron chi connectivity index (χ4n) is 5.33. The number of carbonyl (C=O) groups excluding carboxylic acids is 2. The van der Waals surface area contributed by atoms with Crippen LogP contribution in [0.15, 0.2) is 59.5 Å². The Morgan fingerprint density at radius 3 is 2.36 bits per heavy atom. The van der Waals surface area contributed by atoms with Crippen LogP contribution in [0.4, 0.5) is 0 Å². The molecule has 5 rings (SSSR count). The molecule has 3 aliphatic heterocycles. The van der Waals surface area contributed by atoms with Gasteiger partial charge in [-0.05, 0) is 49.4 Å². The zero-order chi connectivity index (χ0) is 23.0. The molecule has 2 fully saturated rings. The van der Waals surface area contributed by atoms with Gasteiger partial charge in [0, 0.05) is 37.8 Å². The van der Waals surface area contributed by atoms with Crippen LogP contribution in [-0.4, -0.2) is 62.7 Å². The third-order valence-corrected chi connectivity index (χ3v) is 9.06. The highest BCUT2D eigenvalue weighted by Gasteiger charge is 2.40. The molecule has 8 heteroatoms. The predicted octanol–water partition coefficient (Wildman–Crippen LogP) is 2.95. The summed E-state index contributed by atoms with van der Waals surface area (Å²) in [5.74, 6) is -0.187. The van der Waals surface area contributed by atoms with Gasteiger partial charge in [0.25, 0.3) is 5.91 Å². The van der Waals surface area contributed by atoms with Gasteiger partial charge < -0.3 is 14.4 Å². The van der Waals surface area contributed by atoms with Gasteiger partial charge in [0.05, 0.1) is 12.5 Å². The van der Waals surface area contributed by atoms with Crippen molar-refractivity contribution in [2.45, 2.75) is 43.2 Å². The van der Waals surface area contributed by atoms with Crippen molar-refractivity contribution in [2.75, 3.05) is 26.2 Å². The van der Waals surface area contributed by atoms with Crippen LogP contribution in [0.5, 0.6) is 0 Å². The van der Waals surface area contributed by atoms with Crippen LogP contribution in [0.25, 0.3) is 0 Å². The second-order valence-electron chi connectivity index (χ2n) is 9.16. The molecule has 3 heterocycles. The number of amides is 2. The summed E-state index contributed by atoms with van der Waals surface area (Å²) in [7, 11) is -3.59. The molecule has 2 aromatic carbocycles. The van der Waals surface area contributed by atoms with Crippen molar-refractivity contribution in [2.24, 2.45) is 5.92 Å². The Hall–Kier alpha value is -2.55. The summed E-state index contributed by atoms with van der Waals surface area (Å²) in [6.45, 7) is 2.52. The molecule has 2 saturated heterocycles. The van der Waals surface area contributed by atoms with Gasteiger partial charge in [-0.2, -0.15) is 0 Å². The number of rotatable bonds is 4. The van der Waals surface area contributed by atoms with Crippen LogP contribution in [0, 0.1) is 5.92 Å². The average Bonchev–Trinajstić information content (AvgIpc) is 3.21. The third-order valence-electron chi connectivity index (χ3n) is 7.18. The highest BCUT2D eigenvalue weighted by Crippen LogP contribution is 2.31. The van der Waals surface area contributed by atoms with Crippen LogP contribution in [-0.2, 0) is 25.9 Å². The van der Waals surface area contributed by atoms with Crippen molar-refractivity contribution in [3.63, 3.8) is 0 Å². The van der Waals surface area contributed by atoms with Gasteiger partial charge in [0.2, 0.25) is 5.91 Å². The van der Waals surface area contributed by atoms with E-state index in [4.69, 9.17) is 0 Å². The second-order valence-corrected chi connectivity index (χ2v) is 11.1. The third kappa shape index (κ3) is 4.23. The maximum atomic E-state index is 13.3. The van der Waals surface area contributed by atoms with E-state index in [-0.39, 0.29) is 35.2 Å². The van der Waals surface area contributed by atoms with Gasteiger partial charge in [0.1, 0.15) is 0 Å². The first-order valence-electron chi connectivity index (χ1n) is 11.7.